The van der Waals surface area contributed by atoms with Crippen LogP contribution in [0.1, 0.15) is 48.4 Å². The number of phenols is 1. The average molecular weight is 575 g/mol. The number of aromatic carboxylic acids is 2. The summed E-state index contributed by atoms with van der Waals surface area (Å²) < 4.78 is 5.41. The normalized spacial score (nSPS) is 11.6. The van der Waals surface area contributed by atoms with Gasteiger partial charge in [0.1, 0.15) is 17.9 Å². The van der Waals surface area contributed by atoms with Crippen molar-refractivity contribution in [3.05, 3.63) is 80.8 Å². The van der Waals surface area contributed by atoms with Crippen LogP contribution in [0.3, 0.4) is 0 Å². The summed E-state index contributed by atoms with van der Waals surface area (Å²) in [7, 11) is 3.64. The molecule has 0 fully saturated rings. The molecule has 4 N–H and O–H groups in total. The number of carboxylic acid groups (broad SMARTS) is 2. The minimum Gasteiger partial charge on any atom is -0.507 e. The first-order valence-corrected chi connectivity index (χ1v) is 12.1. The molecule has 39 heavy (non-hydrogen) atoms. The van der Waals surface area contributed by atoms with Gasteiger partial charge in [-0.05, 0) is 63.0 Å². The van der Waals surface area contributed by atoms with Crippen molar-refractivity contribution in [2.45, 2.75) is 13.0 Å². The standard InChI is InChI=1S/C27H24Cl2N2O8/c1-13(31(2)3)12-39-27(38)17-6-4-14(16-7-5-15(28)9-21(16)29)8-22(17)30-24(33)18-11-23(32)20(26(36)37)10-19(18)25(34)35/h4-11,13,32H,12H2,1-3H3,(H,30,33)(H,34,35)(H,36,37). The zero-order valence-electron chi connectivity index (χ0n) is 21.0. The van der Waals surface area contributed by atoms with E-state index in [1.165, 1.54) is 18.2 Å². The monoisotopic (exact) mass is 574 g/mol. The average Bonchev–Trinajstić information content (AvgIpc) is 2.86. The molecule has 0 saturated heterocycles. The van der Waals surface area contributed by atoms with E-state index < -0.39 is 46.3 Å². The van der Waals surface area contributed by atoms with Crippen LogP contribution in [0.25, 0.3) is 11.1 Å². The first-order chi connectivity index (χ1) is 18.3. The van der Waals surface area contributed by atoms with Gasteiger partial charge in [0.15, 0.2) is 0 Å². The van der Waals surface area contributed by atoms with E-state index in [9.17, 15) is 34.5 Å². The van der Waals surface area contributed by atoms with Gasteiger partial charge in [0.05, 0.1) is 22.4 Å². The van der Waals surface area contributed by atoms with Gasteiger partial charge in [0.25, 0.3) is 5.91 Å². The first kappa shape index (κ1) is 29.4. The summed E-state index contributed by atoms with van der Waals surface area (Å²) in [5.41, 5.74) is -0.928. The van der Waals surface area contributed by atoms with E-state index in [4.69, 9.17) is 27.9 Å². The fourth-order valence-corrected chi connectivity index (χ4v) is 3.97. The third-order valence-electron chi connectivity index (χ3n) is 5.91. The molecule has 3 aromatic carbocycles. The SMILES string of the molecule is CC(COC(=O)c1ccc(-c2ccc(Cl)cc2Cl)cc1NC(=O)c1cc(O)c(C(=O)O)cc1C(=O)O)N(C)C. The topological polar surface area (TPSA) is 153 Å². The number of halogens is 2. The molecule has 0 aliphatic heterocycles. The fourth-order valence-electron chi connectivity index (χ4n) is 3.45. The quantitative estimate of drug-likeness (QED) is 0.255. The molecular formula is C27H24Cl2N2O8. The highest BCUT2D eigenvalue weighted by molar-refractivity contribution is 6.36. The van der Waals surface area contributed by atoms with Crippen molar-refractivity contribution in [2.24, 2.45) is 0 Å². The minimum absolute atomic E-state index is 0.0357. The molecule has 1 unspecified atom stereocenters. The Bertz CT molecular complexity index is 1470. The number of benzene rings is 3. The lowest BCUT2D eigenvalue weighted by Crippen LogP contribution is -2.30. The summed E-state index contributed by atoms with van der Waals surface area (Å²) in [6.07, 6.45) is 0. The van der Waals surface area contributed by atoms with Gasteiger partial charge >= 0.3 is 17.9 Å². The number of esters is 1. The number of anilines is 1. The first-order valence-electron chi connectivity index (χ1n) is 11.4. The van der Waals surface area contributed by atoms with Gasteiger partial charge < -0.3 is 30.3 Å². The zero-order chi connectivity index (χ0) is 29.0. The van der Waals surface area contributed by atoms with Crippen molar-refractivity contribution >= 4 is 52.7 Å². The van der Waals surface area contributed by atoms with E-state index >= 15 is 0 Å². The largest absolute Gasteiger partial charge is 0.507 e. The summed E-state index contributed by atoms with van der Waals surface area (Å²) in [4.78, 5) is 51.2. The van der Waals surface area contributed by atoms with Crippen LogP contribution in [0.4, 0.5) is 5.69 Å². The van der Waals surface area contributed by atoms with Crippen LogP contribution < -0.4 is 5.32 Å². The van der Waals surface area contributed by atoms with Gasteiger partial charge in [-0.25, -0.2) is 14.4 Å². The molecule has 3 rings (SSSR count). The minimum atomic E-state index is -1.60. The van der Waals surface area contributed by atoms with Crippen LogP contribution in [0, 0.1) is 0 Å². The second-order valence-electron chi connectivity index (χ2n) is 8.77. The van der Waals surface area contributed by atoms with Crippen molar-refractivity contribution < 1.29 is 39.2 Å². The Balaban J connectivity index is 2.08. The highest BCUT2D eigenvalue weighted by Gasteiger charge is 2.25. The van der Waals surface area contributed by atoms with Crippen molar-refractivity contribution in [2.75, 3.05) is 26.0 Å². The second kappa shape index (κ2) is 12.2. The number of hydrogen-bond acceptors (Lipinski definition) is 7. The van der Waals surface area contributed by atoms with E-state index in [-0.39, 0.29) is 23.9 Å². The van der Waals surface area contributed by atoms with E-state index in [1.807, 2.05) is 25.9 Å². The summed E-state index contributed by atoms with van der Waals surface area (Å²) in [6, 6.07) is 10.5. The molecule has 0 aliphatic carbocycles. The van der Waals surface area contributed by atoms with Gasteiger partial charge in [-0.15, -0.1) is 0 Å². The molecule has 1 amide bonds. The number of likely N-dealkylation sites (N-methyl/N-ethyl adjacent to an activating group) is 1. The van der Waals surface area contributed by atoms with Crippen molar-refractivity contribution in [1.82, 2.24) is 4.90 Å². The second-order valence-corrected chi connectivity index (χ2v) is 9.62. The number of aromatic hydroxyl groups is 1. The van der Waals surface area contributed by atoms with Crippen LogP contribution in [0.15, 0.2) is 48.5 Å². The van der Waals surface area contributed by atoms with E-state index in [1.54, 1.807) is 18.2 Å². The maximum atomic E-state index is 13.2. The van der Waals surface area contributed by atoms with Crippen molar-refractivity contribution in [3.63, 3.8) is 0 Å². The Kier molecular flexibility index (Phi) is 9.18. The van der Waals surface area contributed by atoms with Crippen molar-refractivity contribution in [1.29, 1.82) is 0 Å². The summed E-state index contributed by atoms with van der Waals surface area (Å²) in [6.45, 7) is 1.90. The molecule has 0 aliphatic rings. The van der Waals surface area contributed by atoms with Crippen LogP contribution >= 0.6 is 23.2 Å². The summed E-state index contributed by atoms with van der Waals surface area (Å²) in [5, 5.41) is 32.1. The number of carbonyl (C=O) groups is 4. The zero-order valence-corrected chi connectivity index (χ0v) is 22.5. The van der Waals surface area contributed by atoms with E-state index in [0.717, 1.165) is 6.07 Å². The molecule has 1 atom stereocenters. The number of carbonyl (C=O) groups excluding carboxylic acids is 2. The highest BCUT2D eigenvalue weighted by atomic mass is 35.5. The van der Waals surface area contributed by atoms with Crippen LogP contribution in [0.2, 0.25) is 10.0 Å². The predicted molar refractivity (Wildman–Crippen MR) is 145 cm³/mol. The molecule has 204 valence electrons. The lowest BCUT2D eigenvalue weighted by molar-refractivity contribution is 0.0417. The maximum absolute atomic E-state index is 13.2. The number of nitrogens with zero attached hydrogens (tertiary/aromatic N) is 1. The van der Waals surface area contributed by atoms with Gasteiger partial charge in [-0.3, -0.25) is 4.79 Å². The molecule has 10 nitrogen and oxygen atoms in total. The number of rotatable bonds is 9. The van der Waals surface area contributed by atoms with E-state index in [0.29, 0.717) is 27.2 Å². The molecule has 0 saturated carbocycles. The Morgan fingerprint density at radius 1 is 0.897 bits per heavy atom. The molecule has 3 aromatic rings. The highest BCUT2D eigenvalue weighted by Crippen LogP contribution is 2.34. The van der Waals surface area contributed by atoms with Gasteiger partial charge in [-0.2, -0.15) is 0 Å². The smallest absolute Gasteiger partial charge is 0.340 e. The third kappa shape index (κ3) is 6.85. The Hall–Kier alpha value is -4.12. The molecular weight excluding hydrogens is 551 g/mol. The molecule has 0 bridgehead atoms. The lowest BCUT2D eigenvalue weighted by Gasteiger charge is -2.20. The Labute approximate surface area is 233 Å². The fraction of sp³-hybridized carbons (Fsp3) is 0.185. The van der Waals surface area contributed by atoms with Crippen LogP contribution in [0.5, 0.6) is 5.75 Å². The summed E-state index contributed by atoms with van der Waals surface area (Å²) in [5.74, 6) is -5.75. The number of nitrogens with one attached hydrogen (secondary N) is 1. The molecule has 0 heterocycles. The van der Waals surface area contributed by atoms with Gasteiger partial charge in [-0.1, -0.05) is 35.3 Å². The Morgan fingerprint density at radius 2 is 1.56 bits per heavy atom. The third-order valence-corrected chi connectivity index (χ3v) is 6.46. The van der Waals surface area contributed by atoms with Crippen LogP contribution in [-0.2, 0) is 4.74 Å². The molecule has 0 aromatic heterocycles. The number of amides is 1. The van der Waals surface area contributed by atoms with E-state index in [2.05, 4.69) is 5.32 Å². The number of hydrogen-bond donors (Lipinski definition) is 4. The molecule has 12 heteroatoms. The number of ether oxygens (including phenoxy) is 1. The van der Waals surface area contributed by atoms with Crippen molar-refractivity contribution in [3.8, 4) is 16.9 Å². The molecule has 0 radical (unpaired) electrons. The summed E-state index contributed by atoms with van der Waals surface area (Å²) >= 11 is 12.3. The number of carboxylic acids is 2. The van der Waals surface area contributed by atoms with Crippen LogP contribution in [-0.4, -0.2) is 70.8 Å². The Morgan fingerprint density at radius 3 is 2.15 bits per heavy atom. The predicted octanol–water partition coefficient (Wildman–Crippen LogP) is 5.12. The lowest BCUT2D eigenvalue weighted by atomic mass is 10.00. The molecule has 0 spiro atoms. The maximum Gasteiger partial charge on any atom is 0.340 e. The van der Waals surface area contributed by atoms with Gasteiger partial charge in [0.2, 0.25) is 0 Å². The van der Waals surface area contributed by atoms with Gasteiger partial charge in [0, 0.05) is 21.7 Å².